The van der Waals surface area contributed by atoms with Crippen LogP contribution in [0.5, 0.6) is 5.75 Å². The Balaban J connectivity index is 1.52. The lowest BCUT2D eigenvalue weighted by atomic mass is 10.1. The van der Waals surface area contributed by atoms with Crippen molar-refractivity contribution in [3.05, 3.63) is 65.5 Å². The fourth-order valence-electron chi connectivity index (χ4n) is 2.92. The van der Waals surface area contributed by atoms with Crippen LogP contribution in [0, 0.1) is 6.92 Å². The number of carbonyl (C=O) groups excluding carboxylic acids is 2. The summed E-state index contributed by atoms with van der Waals surface area (Å²) in [7, 11) is 1.61. The van der Waals surface area contributed by atoms with Crippen LogP contribution in [0.2, 0.25) is 0 Å². The van der Waals surface area contributed by atoms with E-state index in [1.54, 1.807) is 31.6 Å². The SMILES string of the molecule is CCNC(=O)c1ccc(C)c(NC(=O)NCCc2coc(-c3ccc(OC)cc3)n2)c1. The number of methoxy groups -OCH3 is 1. The van der Waals surface area contributed by atoms with Crippen LogP contribution in [-0.2, 0) is 6.42 Å². The Labute approximate surface area is 181 Å². The lowest BCUT2D eigenvalue weighted by Crippen LogP contribution is -2.31. The molecule has 0 saturated carbocycles. The summed E-state index contributed by atoms with van der Waals surface area (Å²) in [4.78, 5) is 28.7. The molecule has 0 aliphatic heterocycles. The molecule has 0 saturated heterocycles. The normalized spacial score (nSPS) is 10.4. The van der Waals surface area contributed by atoms with Crippen LogP contribution < -0.4 is 20.7 Å². The fourth-order valence-corrected chi connectivity index (χ4v) is 2.92. The van der Waals surface area contributed by atoms with Crippen molar-refractivity contribution < 1.29 is 18.7 Å². The number of oxazole rings is 1. The van der Waals surface area contributed by atoms with E-state index in [-0.39, 0.29) is 11.9 Å². The largest absolute Gasteiger partial charge is 0.497 e. The lowest BCUT2D eigenvalue weighted by molar-refractivity contribution is 0.0956. The average molecular weight is 422 g/mol. The summed E-state index contributed by atoms with van der Waals surface area (Å²) in [5.74, 6) is 1.10. The van der Waals surface area contributed by atoms with E-state index in [4.69, 9.17) is 9.15 Å². The van der Waals surface area contributed by atoms with Gasteiger partial charge in [-0.25, -0.2) is 9.78 Å². The number of aryl methyl sites for hydroxylation is 1. The van der Waals surface area contributed by atoms with Gasteiger partial charge in [0.05, 0.1) is 12.8 Å². The van der Waals surface area contributed by atoms with Crippen molar-refractivity contribution in [2.24, 2.45) is 0 Å². The van der Waals surface area contributed by atoms with Crippen LogP contribution in [0.1, 0.15) is 28.5 Å². The smallest absolute Gasteiger partial charge is 0.319 e. The zero-order valence-electron chi connectivity index (χ0n) is 17.8. The van der Waals surface area contributed by atoms with Gasteiger partial charge in [0.15, 0.2) is 0 Å². The number of hydrogen-bond donors (Lipinski definition) is 3. The number of carbonyl (C=O) groups is 2. The Bertz CT molecular complexity index is 1040. The van der Waals surface area contributed by atoms with Crippen LogP contribution in [0.3, 0.4) is 0 Å². The molecule has 1 aromatic heterocycles. The Kier molecular flexibility index (Phi) is 7.26. The first kappa shape index (κ1) is 21.9. The second-order valence-corrected chi connectivity index (χ2v) is 6.89. The molecule has 3 aromatic rings. The van der Waals surface area contributed by atoms with Crippen LogP contribution in [-0.4, -0.2) is 37.1 Å². The van der Waals surface area contributed by atoms with Crippen LogP contribution >= 0.6 is 0 Å². The van der Waals surface area contributed by atoms with E-state index in [1.165, 1.54) is 0 Å². The van der Waals surface area contributed by atoms with Gasteiger partial charge in [-0.1, -0.05) is 6.07 Å². The quantitative estimate of drug-likeness (QED) is 0.512. The topological polar surface area (TPSA) is 105 Å². The minimum Gasteiger partial charge on any atom is -0.497 e. The number of hydrogen-bond acceptors (Lipinski definition) is 5. The van der Waals surface area contributed by atoms with Crippen LogP contribution in [0.4, 0.5) is 10.5 Å². The lowest BCUT2D eigenvalue weighted by Gasteiger charge is -2.11. The maximum absolute atomic E-state index is 12.3. The highest BCUT2D eigenvalue weighted by Crippen LogP contribution is 2.22. The molecule has 31 heavy (non-hydrogen) atoms. The molecule has 0 bridgehead atoms. The van der Waals surface area contributed by atoms with E-state index in [0.29, 0.717) is 36.7 Å². The molecule has 3 rings (SSSR count). The Morgan fingerprint density at radius 1 is 1.10 bits per heavy atom. The number of rotatable bonds is 8. The summed E-state index contributed by atoms with van der Waals surface area (Å²) >= 11 is 0. The molecule has 3 N–H and O–H groups in total. The second kappa shape index (κ2) is 10.3. The third kappa shape index (κ3) is 5.85. The number of nitrogens with one attached hydrogen (secondary N) is 3. The van der Waals surface area contributed by atoms with Gasteiger partial charge in [0.2, 0.25) is 5.89 Å². The minimum absolute atomic E-state index is 0.176. The van der Waals surface area contributed by atoms with Gasteiger partial charge in [0.1, 0.15) is 12.0 Å². The highest BCUT2D eigenvalue weighted by Gasteiger charge is 2.11. The summed E-state index contributed by atoms with van der Waals surface area (Å²) < 4.78 is 10.7. The van der Waals surface area contributed by atoms with Crippen molar-refractivity contribution in [1.82, 2.24) is 15.6 Å². The van der Waals surface area contributed by atoms with Gasteiger partial charge in [0, 0.05) is 36.3 Å². The Morgan fingerprint density at radius 2 is 1.87 bits per heavy atom. The zero-order chi connectivity index (χ0) is 22.2. The third-order valence-corrected chi connectivity index (χ3v) is 4.64. The number of ether oxygens (including phenoxy) is 1. The number of anilines is 1. The maximum Gasteiger partial charge on any atom is 0.319 e. The molecule has 0 unspecified atom stereocenters. The molecule has 0 aliphatic rings. The molecule has 0 aliphatic carbocycles. The number of benzene rings is 2. The highest BCUT2D eigenvalue weighted by atomic mass is 16.5. The molecule has 0 fully saturated rings. The summed E-state index contributed by atoms with van der Waals surface area (Å²) in [6.45, 7) is 4.65. The van der Waals surface area contributed by atoms with E-state index in [2.05, 4.69) is 20.9 Å². The van der Waals surface area contributed by atoms with Crippen LogP contribution in [0.25, 0.3) is 11.5 Å². The molecule has 8 heteroatoms. The van der Waals surface area contributed by atoms with E-state index in [9.17, 15) is 9.59 Å². The first-order valence-electron chi connectivity index (χ1n) is 10.0. The predicted octanol–water partition coefficient (Wildman–Crippen LogP) is 3.77. The highest BCUT2D eigenvalue weighted by molar-refractivity contribution is 5.97. The second-order valence-electron chi connectivity index (χ2n) is 6.89. The summed E-state index contributed by atoms with van der Waals surface area (Å²) in [6, 6.07) is 12.3. The molecular formula is C23H26N4O4. The van der Waals surface area contributed by atoms with Crippen molar-refractivity contribution in [3.63, 3.8) is 0 Å². The van der Waals surface area contributed by atoms with Gasteiger partial charge >= 0.3 is 6.03 Å². The van der Waals surface area contributed by atoms with Gasteiger partial charge in [-0.3, -0.25) is 4.79 Å². The summed E-state index contributed by atoms with van der Waals surface area (Å²) in [5.41, 5.74) is 3.53. The van der Waals surface area contributed by atoms with E-state index in [1.807, 2.05) is 38.1 Å². The molecule has 0 atom stereocenters. The molecular weight excluding hydrogens is 396 g/mol. The van der Waals surface area contributed by atoms with Crippen molar-refractivity contribution in [3.8, 4) is 17.2 Å². The average Bonchev–Trinajstić information content (AvgIpc) is 3.24. The van der Waals surface area contributed by atoms with Crippen molar-refractivity contribution in [1.29, 1.82) is 0 Å². The van der Waals surface area contributed by atoms with Crippen LogP contribution in [0.15, 0.2) is 53.1 Å². The standard InChI is InChI=1S/C23H26N4O4/c1-4-24-21(28)17-6-5-15(2)20(13-17)27-23(29)25-12-11-18-14-31-22(26-18)16-7-9-19(30-3)10-8-16/h5-10,13-14H,4,11-12H2,1-3H3,(H,24,28)(H2,25,27,29). The van der Waals surface area contributed by atoms with E-state index in [0.717, 1.165) is 22.6 Å². The van der Waals surface area contributed by atoms with Gasteiger partial charge in [0.25, 0.3) is 5.91 Å². The maximum atomic E-state index is 12.3. The van der Waals surface area contributed by atoms with Crippen molar-refractivity contribution in [2.45, 2.75) is 20.3 Å². The van der Waals surface area contributed by atoms with E-state index < -0.39 is 0 Å². The summed E-state index contributed by atoms with van der Waals surface area (Å²) in [5, 5.41) is 8.33. The Hall–Kier alpha value is -3.81. The van der Waals surface area contributed by atoms with Gasteiger partial charge in [-0.05, 0) is 55.8 Å². The third-order valence-electron chi connectivity index (χ3n) is 4.64. The van der Waals surface area contributed by atoms with Crippen molar-refractivity contribution >= 4 is 17.6 Å². The molecule has 1 heterocycles. The number of urea groups is 1. The monoisotopic (exact) mass is 422 g/mol. The fraction of sp³-hybridized carbons (Fsp3) is 0.261. The molecule has 8 nitrogen and oxygen atoms in total. The number of aromatic nitrogens is 1. The first-order chi connectivity index (χ1) is 15.0. The molecule has 0 radical (unpaired) electrons. The molecule has 0 spiro atoms. The van der Waals surface area contributed by atoms with Gasteiger partial charge in [-0.15, -0.1) is 0 Å². The van der Waals surface area contributed by atoms with Gasteiger partial charge in [-0.2, -0.15) is 0 Å². The van der Waals surface area contributed by atoms with Crippen molar-refractivity contribution in [2.75, 3.05) is 25.5 Å². The zero-order valence-corrected chi connectivity index (χ0v) is 17.8. The summed E-state index contributed by atoms with van der Waals surface area (Å²) in [6.07, 6.45) is 2.10. The van der Waals surface area contributed by atoms with E-state index >= 15 is 0 Å². The van der Waals surface area contributed by atoms with Gasteiger partial charge < -0.3 is 25.1 Å². The number of nitrogens with zero attached hydrogens (tertiary/aromatic N) is 1. The predicted molar refractivity (Wildman–Crippen MR) is 118 cm³/mol. The Morgan fingerprint density at radius 3 is 2.58 bits per heavy atom. The number of amides is 3. The molecule has 3 amide bonds. The molecule has 2 aromatic carbocycles. The molecule has 162 valence electrons. The minimum atomic E-state index is -0.352. The first-order valence-corrected chi connectivity index (χ1v) is 10.0.